The van der Waals surface area contributed by atoms with E-state index in [1.54, 1.807) is 11.3 Å². The Kier molecular flexibility index (Phi) is 2.79. The zero-order valence-electron chi connectivity index (χ0n) is 8.57. The fraction of sp³-hybridized carbons (Fsp3) is 0.364. The Morgan fingerprint density at radius 2 is 2.14 bits per heavy atom. The number of hydrogen-bond donors (Lipinski definition) is 0. The first-order valence-electron chi connectivity index (χ1n) is 4.69. The SMILES string of the molecule is Cc1ccc2nc(SC(C)C)sc2c1. The first kappa shape index (κ1) is 9.99. The standard InChI is InChI=1S/C11H13NS2/c1-7(2)13-11-12-9-5-4-8(3)6-10(9)14-11/h4-7H,1-3H3. The van der Waals surface area contributed by atoms with Gasteiger partial charge in [-0.05, 0) is 24.6 Å². The van der Waals surface area contributed by atoms with Crippen molar-refractivity contribution < 1.29 is 0 Å². The lowest BCUT2D eigenvalue weighted by molar-refractivity contribution is 1.10. The van der Waals surface area contributed by atoms with Crippen molar-refractivity contribution >= 4 is 33.3 Å². The molecular formula is C11H13NS2. The van der Waals surface area contributed by atoms with Crippen LogP contribution < -0.4 is 0 Å². The van der Waals surface area contributed by atoms with E-state index in [0.717, 1.165) is 5.52 Å². The summed E-state index contributed by atoms with van der Waals surface area (Å²) in [5, 5.41) is 0.608. The molecule has 1 aromatic heterocycles. The van der Waals surface area contributed by atoms with Crippen molar-refractivity contribution in [2.24, 2.45) is 0 Å². The number of fused-ring (bicyclic) bond motifs is 1. The Morgan fingerprint density at radius 1 is 1.36 bits per heavy atom. The van der Waals surface area contributed by atoms with Gasteiger partial charge in [0, 0.05) is 5.25 Å². The molecule has 0 radical (unpaired) electrons. The van der Waals surface area contributed by atoms with Crippen LogP contribution in [0, 0.1) is 6.92 Å². The first-order valence-corrected chi connectivity index (χ1v) is 6.38. The lowest BCUT2D eigenvalue weighted by atomic mass is 10.2. The van der Waals surface area contributed by atoms with Gasteiger partial charge in [-0.3, -0.25) is 0 Å². The molecule has 0 aliphatic rings. The quantitative estimate of drug-likeness (QED) is 0.711. The van der Waals surface area contributed by atoms with Crippen molar-refractivity contribution in [3.8, 4) is 0 Å². The third-order valence-corrected chi connectivity index (χ3v) is 3.98. The van der Waals surface area contributed by atoms with Crippen molar-refractivity contribution in [1.82, 2.24) is 4.98 Å². The third-order valence-electron chi connectivity index (χ3n) is 1.86. The van der Waals surface area contributed by atoms with Crippen LogP contribution in [-0.2, 0) is 0 Å². The van der Waals surface area contributed by atoms with Crippen molar-refractivity contribution in [2.45, 2.75) is 30.4 Å². The van der Waals surface area contributed by atoms with Crippen LogP contribution in [0.5, 0.6) is 0 Å². The van der Waals surface area contributed by atoms with E-state index in [9.17, 15) is 0 Å². The molecule has 0 spiro atoms. The Labute approximate surface area is 92.6 Å². The molecule has 0 bridgehead atoms. The molecule has 1 aromatic carbocycles. The van der Waals surface area contributed by atoms with Crippen molar-refractivity contribution in [3.05, 3.63) is 23.8 Å². The van der Waals surface area contributed by atoms with Crippen LogP contribution >= 0.6 is 23.1 Å². The van der Waals surface area contributed by atoms with Crippen LogP contribution in [0.25, 0.3) is 10.2 Å². The lowest BCUT2D eigenvalue weighted by Gasteiger charge is -1.97. The van der Waals surface area contributed by atoms with Crippen LogP contribution in [0.2, 0.25) is 0 Å². The highest BCUT2D eigenvalue weighted by Gasteiger charge is 2.05. The molecule has 2 rings (SSSR count). The molecule has 0 aliphatic heterocycles. The average molecular weight is 223 g/mol. The van der Waals surface area contributed by atoms with Gasteiger partial charge in [-0.25, -0.2) is 4.98 Å². The molecule has 0 unspecified atom stereocenters. The summed E-state index contributed by atoms with van der Waals surface area (Å²) >= 11 is 3.63. The van der Waals surface area contributed by atoms with E-state index in [0.29, 0.717) is 5.25 Å². The normalized spacial score (nSPS) is 11.4. The van der Waals surface area contributed by atoms with E-state index in [1.165, 1.54) is 14.6 Å². The lowest BCUT2D eigenvalue weighted by Crippen LogP contribution is -1.83. The number of rotatable bonds is 2. The summed E-state index contributed by atoms with van der Waals surface area (Å²) in [5.41, 5.74) is 2.44. The van der Waals surface area contributed by atoms with Crippen LogP contribution in [0.1, 0.15) is 19.4 Å². The van der Waals surface area contributed by atoms with Gasteiger partial charge in [-0.2, -0.15) is 0 Å². The molecule has 2 aromatic rings. The molecule has 74 valence electrons. The molecule has 0 fully saturated rings. The van der Waals surface area contributed by atoms with Gasteiger partial charge in [0.15, 0.2) is 4.34 Å². The zero-order valence-corrected chi connectivity index (χ0v) is 10.2. The molecule has 1 heterocycles. The van der Waals surface area contributed by atoms with Gasteiger partial charge in [0.1, 0.15) is 0 Å². The van der Waals surface area contributed by atoms with E-state index < -0.39 is 0 Å². The van der Waals surface area contributed by atoms with E-state index in [1.807, 2.05) is 11.8 Å². The van der Waals surface area contributed by atoms with Gasteiger partial charge < -0.3 is 0 Å². The second-order valence-corrected chi connectivity index (χ2v) is 6.47. The van der Waals surface area contributed by atoms with Crippen LogP contribution in [-0.4, -0.2) is 10.2 Å². The summed E-state index contributed by atoms with van der Waals surface area (Å²) in [6, 6.07) is 6.43. The largest absolute Gasteiger partial charge is 0.230 e. The van der Waals surface area contributed by atoms with Gasteiger partial charge in [0.25, 0.3) is 0 Å². The van der Waals surface area contributed by atoms with Crippen LogP contribution in [0.3, 0.4) is 0 Å². The smallest absolute Gasteiger partial charge is 0.151 e. The topological polar surface area (TPSA) is 12.9 Å². The summed E-state index contributed by atoms with van der Waals surface area (Å²) < 4.78 is 2.48. The maximum atomic E-state index is 4.58. The first-order chi connectivity index (χ1) is 6.65. The number of aryl methyl sites for hydroxylation is 1. The van der Waals surface area contributed by atoms with Crippen molar-refractivity contribution in [1.29, 1.82) is 0 Å². The molecule has 14 heavy (non-hydrogen) atoms. The highest BCUT2D eigenvalue weighted by atomic mass is 32.2. The van der Waals surface area contributed by atoms with Crippen molar-refractivity contribution in [3.63, 3.8) is 0 Å². The second-order valence-electron chi connectivity index (χ2n) is 3.62. The molecule has 0 amide bonds. The highest BCUT2D eigenvalue weighted by Crippen LogP contribution is 2.32. The monoisotopic (exact) mass is 223 g/mol. The van der Waals surface area contributed by atoms with E-state index >= 15 is 0 Å². The van der Waals surface area contributed by atoms with E-state index in [2.05, 4.69) is 44.0 Å². The average Bonchev–Trinajstić information content (AvgIpc) is 2.44. The van der Waals surface area contributed by atoms with Crippen LogP contribution in [0.15, 0.2) is 22.5 Å². The number of thiazole rings is 1. The zero-order chi connectivity index (χ0) is 10.1. The predicted molar refractivity (Wildman–Crippen MR) is 65.4 cm³/mol. The molecule has 1 nitrogen and oxygen atoms in total. The number of thioether (sulfide) groups is 1. The molecule has 0 N–H and O–H groups in total. The molecule has 0 atom stereocenters. The summed E-state index contributed by atoms with van der Waals surface area (Å²) in [7, 11) is 0. The van der Waals surface area contributed by atoms with Gasteiger partial charge >= 0.3 is 0 Å². The third kappa shape index (κ3) is 2.10. The molecule has 0 saturated carbocycles. The maximum Gasteiger partial charge on any atom is 0.151 e. The van der Waals surface area contributed by atoms with Gasteiger partial charge in [-0.15, -0.1) is 11.3 Å². The highest BCUT2D eigenvalue weighted by molar-refractivity contribution is 8.01. The van der Waals surface area contributed by atoms with Gasteiger partial charge in [-0.1, -0.05) is 31.7 Å². The Balaban J connectivity index is 2.41. The summed E-state index contributed by atoms with van der Waals surface area (Å²) in [5.74, 6) is 0. The Morgan fingerprint density at radius 3 is 2.86 bits per heavy atom. The van der Waals surface area contributed by atoms with Gasteiger partial charge in [0.2, 0.25) is 0 Å². The maximum absolute atomic E-state index is 4.58. The number of benzene rings is 1. The van der Waals surface area contributed by atoms with Crippen molar-refractivity contribution in [2.75, 3.05) is 0 Å². The van der Waals surface area contributed by atoms with E-state index in [-0.39, 0.29) is 0 Å². The minimum atomic E-state index is 0.608. The predicted octanol–water partition coefficient (Wildman–Crippen LogP) is 4.11. The minimum absolute atomic E-state index is 0.608. The molecule has 3 heteroatoms. The Bertz CT molecular complexity index is 445. The minimum Gasteiger partial charge on any atom is -0.230 e. The second kappa shape index (κ2) is 3.91. The fourth-order valence-electron chi connectivity index (χ4n) is 1.26. The van der Waals surface area contributed by atoms with E-state index in [4.69, 9.17) is 0 Å². The Hall–Kier alpha value is -0.540. The van der Waals surface area contributed by atoms with Crippen LogP contribution in [0.4, 0.5) is 0 Å². The number of hydrogen-bond acceptors (Lipinski definition) is 3. The summed E-state index contributed by atoms with van der Waals surface area (Å²) in [4.78, 5) is 4.58. The summed E-state index contributed by atoms with van der Waals surface area (Å²) in [6.07, 6.45) is 0. The molecule has 0 aliphatic carbocycles. The molecular weight excluding hydrogens is 210 g/mol. The summed E-state index contributed by atoms with van der Waals surface area (Å²) in [6.45, 7) is 6.51. The molecule has 0 saturated heterocycles. The fourth-order valence-corrected chi connectivity index (χ4v) is 3.65. The number of nitrogens with zero attached hydrogens (tertiary/aromatic N) is 1. The number of aromatic nitrogens is 1. The van der Waals surface area contributed by atoms with Gasteiger partial charge in [0.05, 0.1) is 10.2 Å².